The van der Waals surface area contributed by atoms with Gasteiger partial charge in [0.1, 0.15) is 0 Å². The van der Waals surface area contributed by atoms with Crippen molar-refractivity contribution in [2.45, 2.75) is 0 Å². The van der Waals surface area contributed by atoms with Gasteiger partial charge in [-0.05, 0) is 0 Å². The van der Waals surface area contributed by atoms with Crippen LogP contribution in [0.3, 0.4) is 0 Å². The third-order valence-corrected chi connectivity index (χ3v) is 2.85. The summed E-state index contributed by atoms with van der Waals surface area (Å²) in [6.07, 6.45) is 2.14. The zero-order chi connectivity index (χ0) is 6.81. The van der Waals surface area contributed by atoms with Crippen LogP contribution >= 0.6 is 0 Å². The Labute approximate surface area is 70.3 Å². The van der Waals surface area contributed by atoms with Gasteiger partial charge in [0.25, 0.3) is 0 Å². The number of rotatable bonds is 0. The molecule has 0 bridgehead atoms. The molecular formula is C8H6OTe. The van der Waals surface area contributed by atoms with Crippen LogP contribution in [0.1, 0.15) is 5.56 Å². The van der Waals surface area contributed by atoms with Crippen LogP contribution in [0.15, 0.2) is 28.4 Å². The number of fused-ring (bicyclic) bond motifs is 1. The summed E-state index contributed by atoms with van der Waals surface area (Å²) in [5.41, 5.74) is 1.21. The fourth-order valence-corrected chi connectivity index (χ4v) is 2.34. The summed E-state index contributed by atoms with van der Waals surface area (Å²) < 4.78 is 7.61. The van der Waals surface area contributed by atoms with Crippen LogP contribution in [-0.2, 0) is 0 Å². The zero-order valence-corrected chi connectivity index (χ0v) is 7.61. The van der Waals surface area contributed by atoms with E-state index in [1.54, 1.807) is 0 Å². The van der Waals surface area contributed by atoms with E-state index in [4.69, 9.17) is 3.10 Å². The number of hydrogen-bond donors (Lipinski definition) is 0. The van der Waals surface area contributed by atoms with E-state index >= 15 is 0 Å². The average Bonchev–Trinajstić information content (AvgIpc) is 2.05. The first-order valence-electron chi connectivity index (χ1n) is 3.06. The molecule has 0 aromatic heterocycles. The predicted octanol–water partition coefficient (Wildman–Crippen LogP) is 1.67. The molecule has 1 aromatic rings. The summed E-state index contributed by atoms with van der Waals surface area (Å²) in [5.74, 6) is 1.05. The zero-order valence-electron chi connectivity index (χ0n) is 5.28. The van der Waals surface area contributed by atoms with Crippen LogP contribution < -0.4 is 3.10 Å². The standard InChI is InChI=1S/C8H6OTe/c1-2-4-8-7(3-1)5-6-10-9-8/h1-6H. The Morgan fingerprint density at radius 2 is 2.10 bits per heavy atom. The molecule has 50 valence electrons. The molecule has 2 heteroatoms. The first kappa shape index (κ1) is 6.27. The molecule has 1 aromatic carbocycles. The molecule has 1 aliphatic rings. The van der Waals surface area contributed by atoms with Crippen LogP contribution in [-0.4, -0.2) is 21.3 Å². The summed E-state index contributed by atoms with van der Waals surface area (Å²) >= 11 is -0.311. The molecular weight excluding hydrogens is 240 g/mol. The minimum absolute atomic E-state index is 0.311. The van der Waals surface area contributed by atoms with Gasteiger partial charge in [0.2, 0.25) is 0 Å². The van der Waals surface area contributed by atoms with Crippen LogP contribution in [0, 0.1) is 0 Å². The van der Waals surface area contributed by atoms with E-state index in [0.29, 0.717) is 0 Å². The summed E-state index contributed by atoms with van der Waals surface area (Å²) in [7, 11) is 0. The van der Waals surface area contributed by atoms with E-state index in [-0.39, 0.29) is 21.3 Å². The summed E-state index contributed by atoms with van der Waals surface area (Å²) in [4.78, 5) is 0. The molecule has 1 nitrogen and oxygen atoms in total. The summed E-state index contributed by atoms with van der Waals surface area (Å²) in [5, 5.41) is 0. The Morgan fingerprint density at radius 1 is 1.20 bits per heavy atom. The Bertz CT molecular complexity index is 268. The van der Waals surface area contributed by atoms with E-state index in [9.17, 15) is 0 Å². The molecule has 0 fully saturated rings. The fourth-order valence-electron chi connectivity index (χ4n) is 0.875. The van der Waals surface area contributed by atoms with Crippen molar-refractivity contribution < 1.29 is 3.10 Å². The number of benzene rings is 1. The molecule has 0 aliphatic carbocycles. The van der Waals surface area contributed by atoms with Crippen LogP contribution in [0.5, 0.6) is 5.75 Å². The number of para-hydroxylation sites is 1. The van der Waals surface area contributed by atoms with Gasteiger partial charge in [0, 0.05) is 0 Å². The molecule has 0 unspecified atom stereocenters. The van der Waals surface area contributed by atoms with Gasteiger partial charge in [-0.3, -0.25) is 0 Å². The van der Waals surface area contributed by atoms with Gasteiger partial charge in [-0.2, -0.15) is 0 Å². The Hall–Kier alpha value is -0.450. The van der Waals surface area contributed by atoms with E-state index < -0.39 is 0 Å². The molecule has 2 rings (SSSR count). The predicted molar refractivity (Wildman–Crippen MR) is 41.9 cm³/mol. The fraction of sp³-hybridized carbons (Fsp3) is 0. The molecule has 0 N–H and O–H groups in total. The van der Waals surface area contributed by atoms with Crippen molar-refractivity contribution in [2.24, 2.45) is 0 Å². The summed E-state index contributed by atoms with van der Waals surface area (Å²) in [6.45, 7) is 0. The van der Waals surface area contributed by atoms with Gasteiger partial charge in [0.15, 0.2) is 0 Å². The third-order valence-electron chi connectivity index (χ3n) is 1.36. The van der Waals surface area contributed by atoms with Gasteiger partial charge in [-0.1, -0.05) is 0 Å². The van der Waals surface area contributed by atoms with Crippen molar-refractivity contribution in [1.82, 2.24) is 0 Å². The van der Waals surface area contributed by atoms with Crippen LogP contribution in [0.25, 0.3) is 6.08 Å². The van der Waals surface area contributed by atoms with Gasteiger partial charge < -0.3 is 0 Å². The second kappa shape index (κ2) is 2.65. The number of hydrogen-bond acceptors (Lipinski definition) is 1. The minimum atomic E-state index is -0.311. The van der Waals surface area contributed by atoms with Crippen molar-refractivity contribution in [2.75, 3.05) is 0 Å². The molecule has 0 saturated heterocycles. The topological polar surface area (TPSA) is 9.23 Å². The Kier molecular flexibility index (Phi) is 1.66. The molecule has 1 aliphatic heterocycles. The third kappa shape index (κ3) is 1.05. The molecule has 0 amide bonds. The molecule has 0 atom stereocenters. The van der Waals surface area contributed by atoms with Gasteiger partial charge in [-0.15, -0.1) is 0 Å². The molecule has 0 spiro atoms. The van der Waals surface area contributed by atoms with Crippen molar-refractivity contribution in [3.05, 3.63) is 34.0 Å². The van der Waals surface area contributed by atoms with E-state index in [1.807, 2.05) is 18.2 Å². The second-order valence-electron chi connectivity index (χ2n) is 2.02. The maximum absolute atomic E-state index is 5.47. The molecule has 0 radical (unpaired) electrons. The van der Waals surface area contributed by atoms with Crippen LogP contribution in [0.4, 0.5) is 0 Å². The van der Waals surface area contributed by atoms with Gasteiger partial charge >= 0.3 is 70.2 Å². The van der Waals surface area contributed by atoms with Crippen molar-refractivity contribution in [1.29, 1.82) is 0 Å². The summed E-state index contributed by atoms with van der Waals surface area (Å²) in [6, 6.07) is 8.12. The van der Waals surface area contributed by atoms with E-state index in [1.165, 1.54) is 5.56 Å². The second-order valence-corrected chi connectivity index (χ2v) is 3.82. The van der Waals surface area contributed by atoms with Crippen molar-refractivity contribution >= 4 is 27.4 Å². The molecule has 10 heavy (non-hydrogen) atoms. The monoisotopic (exact) mass is 248 g/mol. The SMILES string of the molecule is C1=Cc2ccccc2O[Te]1. The average molecular weight is 246 g/mol. The van der Waals surface area contributed by atoms with Crippen molar-refractivity contribution in [3.8, 4) is 5.75 Å². The van der Waals surface area contributed by atoms with E-state index in [2.05, 4.69) is 16.3 Å². The normalized spacial score (nSPS) is 14.0. The maximum atomic E-state index is 5.47. The first-order chi connectivity index (χ1) is 4.97. The Balaban J connectivity index is 2.54. The quantitative estimate of drug-likeness (QED) is 0.632. The van der Waals surface area contributed by atoms with E-state index in [0.717, 1.165) is 5.75 Å². The first-order valence-corrected chi connectivity index (χ1v) is 5.35. The molecule has 1 heterocycles. The van der Waals surface area contributed by atoms with Crippen LogP contribution in [0.2, 0.25) is 0 Å². The molecule has 0 saturated carbocycles. The van der Waals surface area contributed by atoms with Crippen molar-refractivity contribution in [3.63, 3.8) is 0 Å². The Morgan fingerprint density at radius 3 is 3.00 bits per heavy atom. The van der Waals surface area contributed by atoms with Gasteiger partial charge in [0.05, 0.1) is 0 Å². The van der Waals surface area contributed by atoms with Gasteiger partial charge in [-0.25, -0.2) is 0 Å².